The molecule has 0 spiro atoms. The number of furan rings is 1. The Balaban J connectivity index is 1.23. The van der Waals surface area contributed by atoms with Crippen molar-refractivity contribution in [1.29, 1.82) is 0 Å². The van der Waals surface area contributed by atoms with Gasteiger partial charge in [-0.25, -0.2) is 0 Å². The predicted octanol–water partition coefficient (Wildman–Crippen LogP) is 4.67. The summed E-state index contributed by atoms with van der Waals surface area (Å²) in [4.78, 5) is 6.64. The Kier molecular flexibility index (Phi) is 6.51. The minimum atomic E-state index is -4.41. The lowest BCUT2D eigenvalue weighted by molar-refractivity contribution is -0.153. The van der Waals surface area contributed by atoms with Gasteiger partial charge in [0, 0.05) is 31.6 Å². The van der Waals surface area contributed by atoms with Gasteiger partial charge in [-0.1, -0.05) is 0 Å². The molecule has 164 valence electrons. The second kappa shape index (κ2) is 9.29. The molecule has 0 aliphatic carbocycles. The first kappa shape index (κ1) is 21.0. The van der Waals surface area contributed by atoms with Gasteiger partial charge in [0.25, 0.3) is 0 Å². The van der Waals surface area contributed by atoms with Crippen molar-refractivity contribution in [2.45, 2.75) is 50.7 Å². The second-order valence-corrected chi connectivity index (χ2v) is 8.22. The highest BCUT2D eigenvalue weighted by atomic mass is 19.4. The van der Waals surface area contributed by atoms with Gasteiger partial charge in [0.1, 0.15) is 18.1 Å². The van der Waals surface area contributed by atoms with Crippen molar-refractivity contribution in [3.63, 3.8) is 0 Å². The van der Waals surface area contributed by atoms with Crippen molar-refractivity contribution in [1.82, 2.24) is 10.3 Å². The summed E-state index contributed by atoms with van der Waals surface area (Å²) in [5, 5.41) is 3.42. The molecule has 4 heterocycles. The number of piperidine rings is 1. The number of nitrogens with one attached hydrogen (secondary N) is 1. The van der Waals surface area contributed by atoms with E-state index in [1.165, 1.54) is 12.5 Å². The van der Waals surface area contributed by atoms with Crippen molar-refractivity contribution in [3.8, 4) is 5.75 Å². The average Bonchev–Trinajstić information content (AvgIpc) is 3.43. The van der Waals surface area contributed by atoms with E-state index in [9.17, 15) is 13.2 Å². The number of alkyl halides is 3. The lowest BCUT2D eigenvalue weighted by Gasteiger charge is -2.33. The fourth-order valence-corrected chi connectivity index (χ4v) is 4.25. The van der Waals surface area contributed by atoms with Gasteiger partial charge in [0.15, 0.2) is 0 Å². The molecular formula is C22H28F3N3O2. The number of hydrogen-bond acceptors (Lipinski definition) is 5. The highest BCUT2D eigenvalue weighted by Crippen LogP contribution is 2.32. The Bertz CT molecular complexity index is 810. The molecule has 0 aromatic carbocycles. The number of aryl methyl sites for hydroxylation is 1. The van der Waals surface area contributed by atoms with Crippen LogP contribution in [-0.2, 0) is 12.6 Å². The van der Waals surface area contributed by atoms with Gasteiger partial charge in [-0.3, -0.25) is 4.98 Å². The van der Waals surface area contributed by atoms with Crippen LogP contribution in [-0.4, -0.2) is 37.3 Å². The van der Waals surface area contributed by atoms with E-state index < -0.39 is 11.9 Å². The van der Waals surface area contributed by atoms with Crippen LogP contribution in [0.2, 0.25) is 0 Å². The molecule has 0 bridgehead atoms. The van der Waals surface area contributed by atoms with Gasteiger partial charge in [0.05, 0.1) is 18.1 Å². The van der Waals surface area contributed by atoms with Gasteiger partial charge in [-0.2, -0.15) is 13.2 Å². The lowest BCUT2D eigenvalue weighted by atomic mass is 9.91. The zero-order valence-corrected chi connectivity index (χ0v) is 17.0. The largest absolute Gasteiger partial charge is 0.490 e. The molecular weight excluding hydrogens is 395 g/mol. The highest BCUT2D eigenvalue weighted by molar-refractivity contribution is 5.48. The molecule has 5 nitrogen and oxygen atoms in total. The van der Waals surface area contributed by atoms with Crippen LogP contribution in [0.1, 0.15) is 43.6 Å². The van der Waals surface area contributed by atoms with Crippen LogP contribution in [0.15, 0.2) is 35.0 Å². The zero-order chi connectivity index (χ0) is 21.0. The zero-order valence-electron chi connectivity index (χ0n) is 17.0. The summed E-state index contributed by atoms with van der Waals surface area (Å²) in [6, 6.07) is 4.92. The molecule has 8 heteroatoms. The first-order valence-corrected chi connectivity index (χ1v) is 10.7. The van der Waals surface area contributed by atoms with Crippen LogP contribution in [0, 0.1) is 5.92 Å². The number of nitrogens with zero attached hydrogens (tertiary/aromatic N) is 2. The quantitative estimate of drug-likeness (QED) is 0.701. The minimum Gasteiger partial charge on any atom is -0.490 e. The van der Waals surface area contributed by atoms with E-state index in [0.717, 1.165) is 62.8 Å². The van der Waals surface area contributed by atoms with Crippen molar-refractivity contribution in [2.24, 2.45) is 5.92 Å². The number of anilines is 1. The van der Waals surface area contributed by atoms with Crippen LogP contribution in [0.25, 0.3) is 0 Å². The lowest BCUT2D eigenvalue weighted by Crippen LogP contribution is -2.34. The Hall–Kier alpha value is -2.22. The number of rotatable bonds is 7. The predicted molar refractivity (Wildman–Crippen MR) is 108 cm³/mol. The van der Waals surface area contributed by atoms with Gasteiger partial charge in [-0.05, 0) is 56.7 Å². The molecule has 2 aliphatic heterocycles. The van der Waals surface area contributed by atoms with Gasteiger partial charge in [-0.15, -0.1) is 0 Å². The number of pyridine rings is 1. The number of ether oxygens (including phenoxy) is 1. The number of hydrogen-bond donors (Lipinski definition) is 1. The summed E-state index contributed by atoms with van der Waals surface area (Å²) in [5.74, 6) is 0.782. The molecule has 2 saturated heterocycles. The summed E-state index contributed by atoms with van der Waals surface area (Å²) in [6.07, 6.45) is 4.94. The molecule has 2 fully saturated rings. The third-order valence-electron chi connectivity index (χ3n) is 6.03. The Morgan fingerprint density at radius 1 is 1.17 bits per heavy atom. The van der Waals surface area contributed by atoms with E-state index in [0.29, 0.717) is 30.7 Å². The first-order valence-electron chi connectivity index (χ1n) is 10.7. The molecule has 0 amide bonds. The SMILES string of the molecule is FC(F)(F)c1ccc(CCC2CCN(c3cncc(OCC4CCCN4)c3)CC2)o1. The summed E-state index contributed by atoms with van der Waals surface area (Å²) in [7, 11) is 0. The normalized spacial score (nSPS) is 20.6. The first-order chi connectivity index (χ1) is 14.5. The maximum atomic E-state index is 12.6. The molecule has 2 aromatic rings. The van der Waals surface area contributed by atoms with E-state index in [4.69, 9.17) is 9.15 Å². The second-order valence-electron chi connectivity index (χ2n) is 8.22. The fraction of sp³-hybridized carbons (Fsp3) is 0.591. The van der Waals surface area contributed by atoms with Crippen LogP contribution in [0.5, 0.6) is 5.75 Å². The summed E-state index contributed by atoms with van der Waals surface area (Å²) >= 11 is 0. The summed E-state index contributed by atoms with van der Waals surface area (Å²) < 4.78 is 48.8. The molecule has 30 heavy (non-hydrogen) atoms. The average molecular weight is 423 g/mol. The van der Waals surface area contributed by atoms with Crippen LogP contribution >= 0.6 is 0 Å². The summed E-state index contributed by atoms with van der Waals surface area (Å²) in [6.45, 7) is 3.54. The molecule has 0 saturated carbocycles. The third kappa shape index (κ3) is 5.47. The Labute approximate surface area is 174 Å². The molecule has 1 unspecified atom stereocenters. The highest BCUT2D eigenvalue weighted by Gasteiger charge is 2.34. The van der Waals surface area contributed by atoms with Crippen molar-refractivity contribution in [2.75, 3.05) is 31.1 Å². The smallest absolute Gasteiger partial charge is 0.449 e. The minimum absolute atomic E-state index is 0.413. The number of halogens is 3. The molecule has 1 atom stereocenters. The maximum absolute atomic E-state index is 12.6. The summed E-state index contributed by atoms with van der Waals surface area (Å²) in [5.41, 5.74) is 1.06. The van der Waals surface area contributed by atoms with Crippen molar-refractivity contribution in [3.05, 3.63) is 42.1 Å². The molecule has 4 rings (SSSR count). The van der Waals surface area contributed by atoms with E-state index in [2.05, 4.69) is 15.2 Å². The molecule has 2 aliphatic rings. The van der Waals surface area contributed by atoms with Crippen LogP contribution in [0.3, 0.4) is 0 Å². The van der Waals surface area contributed by atoms with E-state index in [1.54, 1.807) is 6.20 Å². The molecule has 2 aromatic heterocycles. The van der Waals surface area contributed by atoms with Gasteiger partial charge in [0.2, 0.25) is 5.76 Å². The standard InChI is InChI=1S/C22H28F3N3O2/c23-22(24,25)21-6-5-19(30-21)4-3-16-7-10-28(11-8-16)18-12-20(14-26-13-18)29-15-17-2-1-9-27-17/h5-6,12-14,16-17,27H,1-4,7-11,15H2. The molecule has 1 N–H and O–H groups in total. The maximum Gasteiger partial charge on any atom is 0.449 e. The monoisotopic (exact) mass is 423 g/mol. The molecule has 0 radical (unpaired) electrons. The van der Waals surface area contributed by atoms with Crippen LogP contribution in [0.4, 0.5) is 18.9 Å². The number of aromatic nitrogens is 1. The van der Waals surface area contributed by atoms with E-state index in [-0.39, 0.29) is 0 Å². The van der Waals surface area contributed by atoms with Gasteiger partial charge >= 0.3 is 6.18 Å². The van der Waals surface area contributed by atoms with E-state index in [1.807, 2.05) is 12.3 Å². The third-order valence-corrected chi connectivity index (χ3v) is 6.03. The van der Waals surface area contributed by atoms with Crippen molar-refractivity contribution >= 4 is 5.69 Å². The van der Waals surface area contributed by atoms with Crippen LogP contribution < -0.4 is 15.0 Å². The van der Waals surface area contributed by atoms with Gasteiger partial charge < -0.3 is 19.4 Å². The van der Waals surface area contributed by atoms with E-state index >= 15 is 0 Å². The Morgan fingerprint density at radius 3 is 2.70 bits per heavy atom. The van der Waals surface area contributed by atoms with Crippen molar-refractivity contribution < 1.29 is 22.3 Å². The topological polar surface area (TPSA) is 50.5 Å². The Morgan fingerprint density at radius 2 is 2.00 bits per heavy atom. The fourth-order valence-electron chi connectivity index (χ4n) is 4.25.